The summed E-state index contributed by atoms with van der Waals surface area (Å²) in [6.45, 7) is 0. The minimum Gasteiger partial charge on any atom is -0.324 e. The van der Waals surface area contributed by atoms with E-state index in [9.17, 15) is 4.79 Å². The Labute approximate surface area is 166 Å². The number of halogens is 2. The predicted molar refractivity (Wildman–Crippen MR) is 107 cm³/mol. The van der Waals surface area contributed by atoms with Gasteiger partial charge < -0.3 is 5.32 Å². The summed E-state index contributed by atoms with van der Waals surface area (Å²) in [5, 5.41) is 10.5. The standard InChI is InChI=1S/C17H14Br2N4OS/c18-12-6-7-13(19)14(9-12)20-16(24)10-25-17-21-15(22-23-17)8-11-4-2-1-3-5-11/h1-7,9H,8,10H2,(H,20,24)(H,21,22,23). The van der Waals surface area contributed by atoms with E-state index in [-0.39, 0.29) is 11.7 Å². The maximum absolute atomic E-state index is 12.1. The average Bonchev–Trinajstić information content (AvgIpc) is 3.05. The molecule has 8 heteroatoms. The van der Waals surface area contributed by atoms with E-state index in [2.05, 4.69) is 52.4 Å². The van der Waals surface area contributed by atoms with Gasteiger partial charge in [0.05, 0.1) is 11.4 Å². The largest absolute Gasteiger partial charge is 0.324 e. The number of rotatable bonds is 6. The highest BCUT2D eigenvalue weighted by Crippen LogP contribution is 2.26. The molecular formula is C17H14Br2N4OS. The fourth-order valence-electron chi connectivity index (χ4n) is 2.12. The predicted octanol–water partition coefficient (Wildman–Crippen LogP) is 4.65. The lowest BCUT2D eigenvalue weighted by Crippen LogP contribution is -2.14. The molecule has 3 rings (SSSR count). The molecule has 0 saturated heterocycles. The first-order valence-electron chi connectivity index (χ1n) is 7.43. The molecule has 5 nitrogen and oxygen atoms in total. The summed E-state index contributed by atoms with van der Waals surface area (Å²) in [5.74, 6) is 0.906. The van der Waals surface area contributed by atoms with Gasteiger partial charge in [-0.1, -0.05) is 58.0 Å². The quantitative estimate of drug-likeness (QED) is 0.502. The number of amides is 1. The van der Waals surface area contributed by atoms with E-state index < -0.39 is 0 Å². The molecule has 0 saturated carbocycles. The first-order chi connectivity index (χ1) is 12.1. The Morgan fingerprint density at radius 1 is 1.16 bits per heavy atom. The Hall–Kier alpha value is -1.64. The van der Waals surface area contributed by atoms with Crippen LogP contribution in [0.25, 0.3) is 0 Å². The number of hydrogen-bond donors (Lipinski definition) is 2. The van der Waals surface area contributed by atoms with Gasteiger partial charge in [0, 0.05) is 15.4 Å². The number of aromatic nitrogens is 3. The van der Waals surface area contributed by atoms with Crippen LogP contribution in [0, 0.1) is 0 Å². The van der Waals surface area contributed by atoms with E-state index in [0.717, 1.165) is 26.0 Å². The molecule has 0 spiro atoms. The number of benzene rings is 2. The molecule has 2 aromatic carbocycles. The van der Waals surface area contributed by atoms with Crippen molar-refractivity contribution in [3.05, 3.63) is 68.9 Å². The van der Waals surface area contributed by atoms with Gasteiger partial charge in [-0.25, -0.2) is 4.98 Å². The maximum Gasteiger partial charge on any atom is 0.234 e. The van der Waals surface area contributed by atoms with Gasteiger partial charge in [-0.3, -0.25) is 9.89 Å². The second-order valence-corrected chi connectivity index (χ2v) is 7.90. The third-order valence-corrected chi connectivity index (χ3v) is 5.29. The zero-order chi connectivity index (χ0) is 17.6. The van der Waals surface area contributed by atoms with Crippen molar-refractivity contribution in [1.82, 2.24) is 15.2 Å². The number of H-pyrrole nitrogens is 1. The lowest BCUT2D eigenvalue weighted by Gasteiger charge is -2.07. The van der Waals surface area contributed by atoms with Crippen LogP contribution in [0.3, 0.4) is 0 Å². The molecule has 0 aliphatic heterocycles. The summed E-state index contributed by atoms with van der Waals surface area (Å²) in [7, 11) is 0. The Morgan fingerprint density at radius 3 is 2.76 bits per heavy atom. The van der Waals surface area contributed by atoms with Crippen molar-refractivity contribution in [3.8, 4) is 0 Å². The van der Waals surface area contributed by atoms with E-state index in [0.29, 0.717) is 11.6 Å². The first-order valence-corrected chi connectivity index (χ1v) is 10.0. The van der Waals surface area contributed by atoms with Crippen molar-refractivity contribution in [2.45, 2.75) is 11.6 Å². The zero-order valence-electron chi connectivity index (χ0n) is 13.0. The van der Waals surface area contributed by atoms with Crippen LogP contribution in [-0.4, -0.2) is 26.8 Å². The normalized spacial score (nSPS) is 10.6. The Morgan fingerprint density at radius 2 is 1.96 bits per heavy atom. The van der Waals surface area contributed by atoms with Crippen LogP contribution in [0.5, 0.6) is 0 Å². The molecule has 1 amide bonds. The highest BCUT2D eigenvalue weighted by Gasteiger charge is 2.10. The monoisotopic (exact) mass is 480 g/mol. The van der Waals surface area contributed by atoms with Gasteiger partial charge in [-0.05, 0) is 39.7 Å². The molecule has 0 aliphatic rings. The number of anilines is 1. The number of thioether (sulfide) groups is 1. The van der Waals surface area contributed by atoms with Crippen molar-refractivity contribution in [3.63, 3.8) is 0 Å². The average molecular weight is 482 g/mol. The molecule has 0 atom stereocenters. The summed E-state index contributed by atoms with van der Waals surface area (Å²) in [6, 6.07) is 15.7. The fraction of sp³-hybridized carbons (Fsp3) is 0.118. The second-order valence-electron chi connectivity index (χ2n) is 5.19. The molecule has 1 heterocycles. The van der Waals surface area contributed by atoms with Gasteiger partial charge in [-0.15, -0.1) is 5.10 Å². The van der Waals surface area contributed by atoms with Crippen molar-refractivity contribution in [2.24, 2.45) is 0 Å². The van der Waals surface area contributed by atoms with Gasteiger partial charge in [0.25, 0.3) is 0 Å². The number of aromatic amines is 1. The van der Waals surface area contributed by atoms with Crippen LogP contribution in [0.15, 0.2) is 62.6 Å². The first kappa shape index (κ1) is 18.2. The number of carbonyl (C=O) groups excluding carboxylic acids is 1. The summed E-state index contributed by atoms with van der Waals surface area (Å²) < 4.78 is 1.73. The van der Waals surface area contributed by atoms with Crippen LogP contribution in [-0.2, 0) is 11.2 Å². The molecule has 0 fully saturated rings. The summed E-state index contributed by atoms with van der Waals surface area (Å²) >= 11 is 8.10. The van der Waals surface area contributed by atoms with Crippen molar-refractivity contribution in [1.29, 1.82) is 0 Å². The molecule has 0 bridgehead atoms. The van der Waals surface area contributed by atoms with Gasteiger partial charge in [0.15, 0.2) is 0 Å². The Kier molecular flexibility index (Phi) is 6.28. The number of hydrogen-bond acceptors (Lipinski definition) is 4. The maximum atomic E-state index is 12.1. The summed E-state index contributed by atoms with van der Waals surface area (Å²) in [5.41, 5.74) is 1.88. The molecule has 3 aromatic rings. The van der Waals surface area contributed by atoms with E-state index in [1.165, 1.54) is 11.8 Å². The van der Waals surface area contributed by atoms with Crippen LogP contribution in [0.4, 0.5) is 5.69 Å². The molecular weight excluding hydrogens is 468 g/mol. The molecule has 0 aliphatic carbocycles. The zero-order valence-corrected chi connectivity index (χ0v) is 17.0. The van der Waals surface area contributed by atoms with E-state index >= 15 is 0 Å². The number of carbonyl (C=O) groups is 1. The third kappa shape index (κ3) is 5.42. The van der Waals surface area contributed by atoms with Gasteiger partial charge in [0.1, 0.15) is 5.82 Å². The van der Waals surface area contributed by atoms with Crippen LogP contribution >= 0.6 is 43.6 Å². The highest BCUT2D eigenvalue weighted by molar-refractivity contribution is 9.11. The van der Waals surface area contributed by atoms with Crippen LogP contribution in [0.1, 0.15) is 11.4 Å². The summed E-state index contributed by atoms with van der Waals surface area (Å²) in [4.78, 5) is 16.5. The minimum atomic E-state index is -0.113. The van der Waals surface area contributed by atoms with E-state index in [1.807, 2.05) is 48.5 Å². The smallest absolute Gasteiger partial charge is 0.234 e. The highest BCUT2D eigenvalue weighted by atomic mass is 79.9. The topological polar surface area (TPSA) is 70.7 Å². The molecule has 1 aromatic heterocycles. The van der Waals surface area contributed by atoms with E-state index in [4.69, 9.17) is 0 Å². The summed E-state index contributed by atoms with van der Waals surface area (Å²) in [6.07, 6.45) is 0.686. The SMILES string of the molecule is O=C(CSc1n[nH]c(Cc2ccccc2)n1)Nc1cc(Br)ccc1Br. The Balaban J connectivity index is 1.53. The number of nitrogens with one attached hydrogen (secondary N) is 2. The van der Waals surface area contributed by atoms with Gasteiger partial charge >= 0.3 is 0 Å². The lowest BCUT2D eigenvalue weighted by molar-refractivity contribution is -0.113. The molecule has 2 N–H and O–H groups in total. The van der Waals surface area contributed by atoms with Crippen LogP contribution < -0.4 is 5.32 Å². The van der Waals surface area contributed by atoms with Crippen molar-refractivity contribution < 1.29 is 4.79 Å². The van der Waals surface area contributed by atoms with E-state index in [1.54, 1.807) is 0 Å². The van der Waals surface area contributed by atoms with Crippen molar-refractivity contribution in [2.75, 3.05) is 11.1 Å². The number of nitrogens with zero attached hydrogens (tertiary/aromatic N) is 2. The third-order valence-electron chi connectivity index (χ3n) is 3.26. The Bertz CT molecular complexity index is 870. The molecule has 0 radical (unpaired) electrons. The van der Waals surface area contributed by atoms with Gasteiger partial charge in [0.2, 0.25) is 11.1 Å². The minimum absolute atomic E-state index is 0.113. The fourth-order valence-corrected chi connectivity index (χ4v) is 3.44. The van der Waals surface area contributed by atoms with Crippen molar-refractivity contribution >= 4 is 55.2 Å². The van der Waals surface area contributed by atoms with Gasteiger partial charge in [-0.2, -0.15) is 0 Å². The lowest BCUT2D eigenvalue weighted by atomic mass is 10.1. The van der Waals surface area contributed by atoms with Crippen LogP contribution in [0.2, 0.25) is 0 Å². The molecule has 25 heavy (non-hydrogen) atoms. The molecule has 128 valence electrons. The molecule has 0 unspecified atom stereocenters. The second kappa shape index (κ2) is 8.64.